The molecule has 166 valence electrons. The first-order valence-corrected chi connectivity index (χ1v) is 8.65. The molecule has 0 aliphatic carbocycles. The minimum Gasteiger partial charge on any atom is -0.377 e. The molecule has 0 heterocycles. The monoisotopic (exact) mass is 450 g/mol. The number of hydrogen-bond acceptors (Lipinski definition) is 4. The minimum absolute atomic E-state index is 0.665. The Hall–Kier alpha value is -0.713. The molecule has 0 atom stereocenters. The van der Waals surface area contributed by atoms with Crippen molar-refractivity contribution in [3.8, 4) is 0 Å². The fraction of sp³-hybridized carbons (Fsp3) is 1.00. The molecule has 16 heteroatoms. The van der Waals surface area contributed by atoms with Crippen molar-refractivity contribution in [2.75, 3.05) is 27.9 Å². The number of rotatable bonds is 10. The van der Waals surface area contributed by atoms with E-state index in [2.05, 4.69) is 4.74 Å². The van der Waals surface area contributed by atoms with E-state index < -0.39 is 58.9 Å². The van der Waals surface area contributed by atoms with Crippen LogP contribution in [0.15, 0.2) is 0 Å². The smallest absolute Gasteiger partial charge is 0.377 e. The predicted molar refractivity (Wildman–Crippen MR) is 69.9 cm³/mol. The number of hydrogen-bond donors (Lipinski definition) is 0. The first kappa shape index (κ1) is 28.5. The number of ether oxygens (including phenoxy) is 1. The fourth-order valence-electron chi connectivity index (χ4n) is 1.41. The van der Waals surface area contributed by atoms with E-state index in [1.807, 2.05) is 0 Å². The van der Waals surface area contributed by atoms with E-state index in [-0.39, 0.29) is 0 Å². The van der Waals surface area contributed by atoms with Crippen LogP contribution < -0.4 is 0 Å². The van der Waals surface area contributed by atoms with E-state index in [0.29, 0.717) is 0 Å². The topological polar surface area (TPSA) is 36.9 Å². The molecule has 0 rings (SSSR count). The Labute approximate surface area is 147 Å². The summed E-state index contributed by atoms with van der Waals surface area (Å²) in [5, 5.41) is 0. The zero-order valence-electron chi connectivity index (χ0n) is 14.1. The van der Waals surface area contributed by atoms with Gasteiger partial charge in [-0.1, -0.05) is 0 Å². The lowest BCUT2D eigenvalue weighted by molar-refractivity contribution is -0.351. The SMILES string of the molecule is CO[Si](CCC(F)(F)C(F)(F)OCCC(F)(F)F)(OC)OC.FC(F)(F)F. The number of alkyl halides is 11. The highest BCUT2D eigenvalue weighted by Gasteiger charge is 2.59. The van der Waals surface area contributed by atoms with Gasteiger partial charge in [0.2, 0.25) is 0 Å². The van der Waals surface area contributed by atoms with Gasteiger partial charge in [0, 0.05) is 33.8 Å². The molecule has 0 aromatic heterocycles. The van der Waals surface area contributed by atoms with E-state index >= 15 is 0 Å². The van der Waals surface area contributed by atoms with Gasteiger partial charge in [-0.3, -0.25) is 0 Å². The molecule has 0 bridgehead atoms. The highest BCUT2D eigenvalue weighted by atomic mass is 28.4. The maximum Gasteiger partial charge on any atom is 0.559 e. The summed E-state index contributed by atoms with van der Waals surface area (Å²) in [7, 11) is -0.197. The Kier molecular flexibility index (Phi) is 11.3. The van der Waals surface area contributed by atoms with Crippen molar-refractivity contribution in [2.45, 2.75) is 43.5 Å². The molecule has 0 amide bonds. The molecule has 0 N–H and O–H groups in total. The second-order valence-corrected chi connectivity index (χ2v) is 7.75. The van der Waals surface area contributed by atoms with Gasteiger partial charge in [0.15, 0.2) is 0 Å². The zero-order chi connectivity index (χ0) is 22.2. The molecule has 27 heavy (non-hydrogen) atoms. The maximum absolute atomic E-state index is 13.5. The summed E-state index contributed by atoms with van der Waals surface area (Å²) in [6.07, 6.45) is -18.5. The Morgan fingerprint density at radius 2 is 1.04 bits per heavy atom. The molecule has 0 fully saturated rings. The second kappa shape index (κ2) is 10.7. The standard InChI is InChI=1S/C10H17F7O4Si.CF4/c1-18-22(19-2,20-3)7-5-8(11,12)10(16,17)21-6-4-9(13,14)15;2-1(3,4)5/h4-7H2,1-3H3;. The summed E-state index contributed by atoms with van der Waals surface area (Å²) >= 11 is 0. The summed E-state index contributed by atoms with van der Waals surface area (Å²) in [6, 6.07) is -0.665. The van der Waals surface area contributed by atoms with Gasteiger partial charge in [0.05, 0.1) is 13.0 Å². The maximum atomic E-state index is 13.5. The van der Waals surface area contributed by atoms with Gasteiger partial charge in [-0.05, 0) is 0 Å². The lowest BCUT2D eigenvalue weighted by atomic mass is 10.2. The van der Waals surface area contributed by atoms with Crippen molar-refractivity contribution in [1.82, 2.24) is 0 Å². The molecule has 4 nitrogen and oxygen atoms in total. The Bertz CT molecular complexity index is 396. The Morgan fingerprint density at radius 1 is 0.667 bits per heavy atom. The first-order chi connectivity index (χ1) is 11.8. The van der Waals surface area contributed by atoms with Crippen molar-refractivity contribution in [1.29, 1.82) is 0 Å². The third-order valence-electron chi connectivity index (χ3n) is 2.77. The van der Waals surface area contributed by atoms with E-state index in [4.69, 9.17) is 13.3 Å². The molecular formula is C11H17F11O4Si. The lowest BCUT2D eigenvalue weighted by Crippen LogP contribution is -2.48. The van der Waals surface area contributed by atoms with Gasteiger partial charge in [0.1, 0.15) is 0 Å². The van der Waals surface area contributed by atoms with Crippen molar-refractivity contribution in [3.05, 3.63) is 0 Å². The number of halogens is 11. The highest BCUT2D eigenvalue weighted by molar-refractivity contribution is 6.60. The van der Waals surface area contributed by atoms with Crippen LogP contribution in [0.3, 0.4) is 0 Å². The summed E-state index contributed by atoms with van der Waals surface area (Å²) < 4.78 is 145. The fourth-order valence-corrected chi connectivity index (χ4v) is 3.14. The molecule has 0 unspecified atom stereocenters. The van der Waals surface area contributed by atoms with Crippen molar-refractivity contribution < 1.29 is 66.3 Å². The van der Waals surface area contributed by atoms with Gasteiger partial charge in [0.25, 0.3) is 0 Å². The van der Waals surface area contributed by atoms with E-state index in [1.54, 1.807) is 0 Å². The average Bonchev–Trinajstić information content (AvgIpc) is 2.45. The Morgan fingerprint density at radius 3 is 1.33 bits per heavy atom. The van der Waals surface area contributed by atoms with Crippen LogP contribution in [0.25, 0.3) is 0 Å². The summed E-state index contributed by atoms with van der Waals surface area (Å²) in [5.41, 5.74) is 0. The third-order valence-corrected chi connectivity index (χ3v) is 5.50. The summed E-state index contributed by atoms with van der Waals surface area (Å²) in [5.74, 6) is -4.70. The van der Waals surface area contributed by atoms with Gasteiger partial charge < -0.3 is 18.0 Å². The summed E-state index contributed by atoms with van der Waals surface area (Å²) in [4.78, 5) is 0. The molecule has 0 radical (unpaired) electrons. The quantitative estimate of drug-likeness (QED) is 0.350. The van der Waals surface area contributed by atoms with Gasteiger partial charge in [-0.25, -0.2) is 0 Å². The normalized spacial score (nSPS) is 14.0. The van der Waals surface area contributed by atoms with Gasteiger partial charge >= 0.3 is 33.4 Å². The van der Waals surface area contributed by atoms with Gasteiger partial charge in [-0.15, -0.1) is 17.6 Å². The van der Waals surface area contributed by atoms with E-state index in [0.717, 1.165) is 21.3 Å². The van der Waals surface area contributed by atoms with Crippen LogP contribution in [0.2, 0.25) is 6.04 Å². The molecule has 0 aromatic carbocycles. The minimum atomic E-state index is -5.50. The predicted octanol–water partition coefficient (Wildman–Crippen LogP) is 4.93. The van der Waals surface area contributed by atoms with Crippen LogP contribution in [0.4, 0.5) is 48.3 Å². The first-order valence-electron chi connectivity index (χ1n) is 6.72. The van der Waals surface area contributed by atoms with Crippen LogP contribution in [0.1, 0.15) is 12.8 Å². The highest BCUT2D eigenvalue weighted by Crippen LogP contribution is 2.40. The van der Waals surface area contributed by atoms with Crippen LogP contribution >= 0.6 is 0 Å². The van der Waals surface area contributed by atoms with Crippen LogP contribution in [-0.4, -0.2) is 61.4 Å². The van der Waals surface area contributed by atoms with E-state index in [9.17, 15) is 48.3 Å². The Balaban J connectivity index is 0. The second-order valence-electron chi connectivity index (χ2n) is 4.66. The average molecular weight is 450 g/mol. The zero-order valence-corrected chi connectivity index (χ0v) is 15.1. The van der Waals surface area contributed by atoms with Crippen LogP contribution in [0, 0.1) is 0 Å². The molecule has 0 saturated heterocycles. The van der Waals surface area contributed by atoms with E-state index in [1.165, 1.54) is 0 Å². The molecule has 0 saturated carbocycles. The van der Waals surface area contributed by atoms with Crippen molar-refractivity contribution in [3.63, 3.8) is 0 Å². The summed E-state index contributed by atoms with van der Waals surface area (Å²) in [6.45, 7) is -1.58. The van der Waals surface area contributed by atoms with Crippen molar-refractivity contribution >= 4 is 8.80 Å². The van der Waals surface area contributed by atoms with Crippen LogP contribution in [0.5, 0.6) is 0 Å². The largest absolute Gasteiger partial charge is 0.559 e. The van der Waals surface area contributed by atoms with Crippen LogP contribution in [-0.2, 0) is 18.0 Å². The third kappa shape index (κ3) is 13.2. The molecule has 0 spiro atoms. The molecule has 0 aliphatic heterocycles. The van der Waals surface area contributed by atoms with Gasteiger partial charge in [-0.2, -0.15) is 30.7 Å². The molecule has 0 aromatic rings. The molecule has 0 aliphatic rings. The van der Waals surface area contributed by atoms with Crippen molar-refractivity contribution in [2.24, 2.45) is 0 Å². The molecular weight excluding hydrogens is 433 g/mol. The lowest BCUT2D eigenvalue weighted by Gasteiger charge is -2.29.